The molecule has 0 aliphatic carbocycles. The minimum Gasteiger partial charge on any atom is -0.508 e. The minimum atomic E-state index is -0.368. The van der Waals surface area contributed by atoms with Crippen molar-refractivity contribution >= 4 is 5.91 Å². The van der Waals surface area contributed by atoms with Crippen molar-refractivity contribution in [2.24, 2.45) is 0 Å². The van der Waals surface area contributed by atoms with E-state index in [1.807, 2.05) is 13.8 Å². The Labute approximate surface area is 106 Å². The van der Waals surface area contributed by atoms with Crippen molar-refractivity contribution in [1.29, 1.82) is 0 Å². The fraction of sp³-hybridized carbons (Fsp3) is 0.462. The molecule has 0 atom stereocenters. The van der Waals surface area contributed by atoms with Crippen molar-refractivity contribution in [2.45, 2.75) is 19.4 Å². The van der Waals surface area contributed by atoms with Gasteiger partial charge in [0.1, 0.15) is 11.5 Å². The molecule has 98 valence electrons. The van der Waals surface area contributed by atoms with E-state index in [1.165, 1.54) is 18.2 Å². The molecule has 1 aliphatic rings. The zero-order valence-electron chi connectivity index (χ0n) is 10.5. The molecule has 18 heavy (non-hydrogen) atoms. The average molecular weight is 251 g/mol. The third kappa shape index (κ3) is 2.73. The SMILES string of the molecule is CC1(C)CN(C(=O)c2cc(O)cc(O)c2)CCO1. The summed E-state index contributed by atoms with van der Waals surface area (Å²) in [7, 11) is 0. The molecule has 1 saturated heterocycles. The van der Waals surface area contributed by atoms with E-state index in [1.54, 1.807) is 4.90 Å². The van der Waals surface area contributed by atoms with Gasteiger partial charge in [0, 0.05) is 24.7 Å². The molecule has 0 bridgehead atoms. The van der Waals surface area contributed by atoms with E-state index in [-0.39, 0.29) is 28.6 Å². The lowest BCUT2D eigenvalue weighted by molar-refractivity contribution is -0.0764. The molecule has 0 unspecified atom stereocenters. The summed E-state index contributed by atoms with van der Waals surface area (Å²) in [6.45, 7) is 5.34. The lowest BCUT2D eigenvalue weighted by atomic mass is 10.1. The van der Waals surface area contributed by atoms with Gasteiger partial charge in [-0.15, -0.1) is 0 Å². The largest absolute Gasteiger partial charge is 0.508 e. The molecular formula is C13H17NO4. The predicted octanol–water partition coefficient (Wildman–Crippen LogP) is 1.35. The van der Waals surface area contributed by atoms with E-state index in [2.05, 4.69) is 0 Å². The summed E-state index contributed by atoms with van der Waals surface area (Å²) in [5, 5.41) is 18.8. The Morgan fingerprint density at radius 3 is 2.44 bits per heavy atom. The highest BCUT2D eigenvalue weighted by molar-refractivity contribution is 5.95. The number of rotatable bonds is 1. The first-order valence-corrected chi connectivity index (χ1v) is 5.84. The van der Waals surface area contributed by atoms with E-state index >= 15 is 0 Å². The second-order valence-corrected chi connectivity index (χ2v) is 5.07. The summed E-state index contributed by atoms with van der Waals surface area (Å²) in [5.74, 6) is -0.450. The van der Waals surface area contributed by atoms with E-state index in [0.29, 0.717) is 19.7 Å². The van der Waals surface area contributed by atoms with Gasteiger partial charge in [0.05, 0.1) is 12.2 Å². The van der Waals surface area contributed by atoms with Crippen LogP contribution in [0.5, 0.6) is 11.5 Å². The summed E-state index contributed by atoms with van der Waals surface area (Å²) >= 11 is 0. The lowest BCUT2D eigenvalue weighted by Gasteiger charge is -2.38. The van der Waals surface area contributed by atoms with Gasteiger partial charge in [0.25, 0.3) is 5.91 Å². The normalized spacial score (nSPS) is 18.7. The number of aromatic hydroxyl groups is 2. The maximum atomic E-state index is 12.2. The molecule has 5 nitrogen and oxygen atoms in total. The van der Waals surface area contributed by atoms with Crippen LogP contribution >= 0.6 is 0 Å². The van der Waals surface area contributed by atoms with Gasteiger partial charge in [0.2, 0.25) is 0 Å². The van der Waals surface area contributed by atoms with E-state index in [0.717, 1.165) is 0 Å². The average Bonchev–Trinajstić information content (AvgIpc) is 2.25. The Balaban J connectivity index is 2.20. The number of nitrogens with zero attached hydrogens (tertiary/aromatic N) is 1. The summed E-state index contributed by atoms with van der Waals surface area (Å²) < 4.78 is 5.54. The molecule has 0 aromatic heterocycles. The highest BCUT2D eigenvalue weighted by atomic mass is 16.5. The number of phenolic OH excluding ortho intramolecular Hbond substituents is 2. The van der Waals surface area contributed by atoms with Gasteiger partial charge in [-0.1, -0.05) is 0 Å². The second kappa shape index (κ2) is 4.49. The van der Waals surface area contributed by atoms with Crippen LogP contribution < -0.4 is 0 Å². The number of hydrogen-bond acceptors (Lipinski definition) is 4. The van der Waals surface area contributed by atoms with Crippen LogP contribution in [0, 0.1) is 0 Å². The monoisotopic (exact) mass is 251 g/mol. The molecule has 0 saturated carbocycles. The highest BCUT2D eigenvalue weighted by Crippen LogP contribution is 2.23. The van der Waals surface area contributed by atoms with Crippen LogP contribution in [0.2, 0.25) is 0 Å². The van der Waals surface area contributed by atoms with Gasteiger partial charge in [-0.2, -0.15) is 0 Å². The summed E-state index contributed by atoms with van der Waals surface area (Å²) in [6.07, 6.45) is 0. The Bertz CT molecular complexity index is 450. The van der Waals surface area contributed by atoms with Gasteiger partial charge in [-0.25, -0.2) is 0 Å². The van der Waals surface area contributed by atoms with Crippen molar-refractivity contribution < 1.29 is 19.7 Å². The van der Waals surface area contributed by atoms with Gasteiger partial charge < -0.3 is 19.8 Å². The number of ether oxygens (including phenoxy) is 1. The zero-order chi connectivity index (χ0) is 13.3. The first-order chi connectivity index (χ1) is 8.37. The summed E-state index contributed by atoms with van der Waals surface area (Å²) in [6, 6.07) is 3.90. The molecule has 1 aromatic carbocycles. The first kappa shape index (κ1) is 12.7. The van der Waals surface area contributed by atoms with E-state index in [4.69, 9.17) is 4.74 Å². The molecule has 1 amide bonds. The maximum absolute atomic E-state index is 12.2. The van der Waals surface area contributed by atoms with Crippen LogP contribution in [-0.4, -0.2) is 46.3 Å². The first-order valence-electron chi connectivity index (χ1n) is 5.84. The molecule has 0 radical (unpaired) electrons. The highest BCUT2D eigenvalue weighted by Gasteiger charge is 2.30. The second-order valence-electron chi connectivity index (χ2n) is 5.07. The fourth-order valence-corrected chi connectivity index (χ4v) is 2.09. The van der Waals surface area contributed by atoms with Crippen LogP contribution in [0.1, 0.15) is 24.2 Å². The molecule has 2 N–H and O–H groups in total. The van der Waals surface area contributed by atoms with Gasteiger partial charge >= 0.3 is 0 Å². The molecular weight excluding hydrogens is 234 g/mol. The molecule has 2 rings (SSSR count). The number of benzene rings is 1. The lowest BCUT2D eigenvalue weighted by Crippen LogP contribution is -2.50. The van der Waals surface area contributed by atoms with Crippen molar-refractivity contribution in [2.75, 3.05) is 19.7 Å². The Hall–Kier alpha value is -1.75. The summed E-state index contributed by atoms with van der Waals surface area (Å²) in [4.78, 5) is 13.9. The Morgan fingerprint density at radius 1 is 1.28 bits per heavy atom. The van der Waals surface area contributed by atoms with E-state index < -0.39 is 0 Å². The number of carbonyl (C=O) groups excluding carboxylic acids is 1. The fourth-order valence-electron chi connectivity index (χ4n) is 2.09. The van der Waals surface area contributed by atoms with Gasteiger partial charge in [-0.3, -0.25) is 4.79 Å². The summed E-state index contributed by atoms with van der Waals surface area (Å²) in [5.41, 5.74) is -0.0857. The smallest absolute Gasteiger partial charge is 0.254 e. The van der Waals surface area contributed by atoms with Crippen molar-refractivity contribution in [1.82, 2.24) is 4.90 Å². The quantitative estimate of drug-likeness (QED) is 0.790. The molecule has 1 aromatic rings. The molecule has 1 heterocycles. The van der Waals surface area contributed by atoms with Crippen molar-refractivity contribution in [3.63, 3.8) is 0 Å². The third-order valence-corrected chi connectivity index (χ3v) is 2.86. The number of hydrogen-bond donors (Lipinski definition) is 2. The van der Waals surface area contributed by atoms with Gasteiger partial charge in [0.15, 0.2) is 0 Å². The standard InChI is InChI=1S/C13H17NO4/c1-13(2)8-14(3-4-18-13)12(17)9-5-10(15)7-11(16)6-9/h5-7,15-16H,3-4,8H2,1-2H3. The van der Waals surface area contributed by atoms with Crippen LogP contribution in [0.3, 0.4) is 0 Å². The zero-order valence-corrected chi connectivity index (χ0v) is 10.5. The maximum Gasteiger partial charge on any atom is 0.254 e. The minimum absolute atomic E-state index is 0.120. The van der Waals surface area contributed by atoms with Crippen molar-refractivity contribution in [3.05, 3.63) is 23.8 Å². The number of morpholine rings is 1. The van der Waals surface area contributed by atoms with Crippen LogP contribution in [0.25, 0.3) is 0 Å². The molecule has 0 spiro atoms. The Kier molecular flexibility index (Phi) is 3.17. The van der Waals surface area contributed by atoms with Crippen molar-refractivity contribution in [3.8, 4) is 11.5 Å². The van der Waals surface area contributed by atoms with Crippen LogP contribution in [-0.2, 0) is 4.74 Å². The molecule has 1 fully saturated rings. The van der Waals surface area contributed by atoms with Crippen LogP contribution in [0.15, 0.2) is 18.2 Å². The van der Waals surface area contributed by atoms with E-state index in [9.17, 15) is 15.0 Å². The number of carbonyl (C=O) groups is 1. The number of amides is 1. The molecule has 1 aliphatic heterocycles. The molecule has 5 heteroatoms. The predicted molar refractivity (Wildman–Crippen MR) is 65.7 cm³/mol. The Morgan fingerprint density at radius 2 is 1.89 bits per heavy atom. The van der Waals surface area contributed by atoms with Crippen LogP contribution in [0.4, 0.5) is 0 Å². The topological polar surface area (TPSA) is 70.0 Å². The van der Waals surface area contributed by atoms with Gasteiger partial charge in [-0.05, 0) is 26.0 Å². The number of phenols is 2. The third-order valence-electron chi connectivity index (χ3n) is 2.86.